The molecule has 5 aliphatic rings. The molecule has 0 amide bonds. The highest BCUT2D eigenvalue weighted by atomic mass is 16.9. The molecule has 0 aromatic carbocycles. The fraction of sp³-hybridized carbons (Fsp3) is 0.800. The quantitative estimate of drug-likeness (QED) is 0.214. The van der Waals surface area contributed by atoms with Crippen LogP contribution in [0.4, 0.5) is 0 Å². The standard InChI is InChI=1S/C30H42O13/c1-5-35-26(33)18-11-7-9-13-29(18)40-22-20(15-37-21(31)16-38-25(32)17(3)4)39-28-24(23(22)41-29)42-30(43-28)14-10-8-12-19(30)27(34)36-6-2/h18-20,22-24,28H,3,5-16H2,1-2,4H3/t18?,19?,20-,22+,23+,24-,28-,29?,30?/m1/s1. The van der Waals surface area contributed by atoms with Crippen LogP contribution >= 0.6 is 0 Å². The Kier molecular flexibility index (Phi) is 9.76. The minimum absolute atomic E-state index is 0.152. The summed E-state index contributed by atoms with van der Waals surface area (Å²) in [5, 5.41) is 0. The van der Waals surface area contributed by atoms with Crippen molar-refractivity contribution in [1.29, 1.82) is 0 Å². The van der Waals surface area contributed by atoms with Crippen molar-refractivity contribution < 1.29 is 61.8 Å². The van der Waals surface area contributed by atoms with Gasteiger partial charge in [0.1, 0.15) is 42.9 Å². The molecule has 0 bridgehead atoms. The normalized spacial score (nSPS) is 38.2. The summed E-state index contributed by atoms with van der Waals surface area (Å²) in [6.07, 6.45) is 0.934. The van der Waals surface area contributed by atoms with Crippen molar-refractivity contribution in [3.63, 3.8) is 0 Å². The van der Waals surface area contributed by atoms with Crippen LogP contribution in [0.15, 0.2) is 12.2 Å². The van der Waals surface area contributed by atoms with E-state index in [1.54, 1.807) is 13.8 Å². The van der Waals surface area contributed by atoms with E-state index in [0.717, 1.165) is 25.7 Å². The number of fused-ring (bicyclic) bond motifs is 3. The van der Waals surface area contributed by atoms with Gasteiger partial charge in [0.25, 0.3) is 0 Å². The summed E-state index contributed by atoms with van der Waals surface area (Å²) in [5.41, 5.74) is 0.152. The lowest BCUT2D eigenvalue weighted by molar-refractivity contribution is -0.273. The Morgan fingerprint density at radius 2 is 1.30 bits per heavy atom. The first-order valence-corrected chi connectivity index (χ1v) is 15.3. The molecule has 3 saturated heterocycles. The molecule has 5 fully saturated rings. The maximum atomic E-state index is 13.0. The van der Waals surface area contributed by atoms with Gasteiger partial charge in [-0.2, -0.15) is 0 Å². The van der Waals surface area contributed by atoms with Crippen molar-refractivity contribution in [1.82, 2.24) is 0 Å². The Bertz CT molecular complexity index is 1090. The first kappa shape index (κ1) is 31.8. The number of carbonyl (C=O) groups excluding carboxylic acids is 4. The molecule has 5 rings (SSSR count). The summed E-state index contributed by atoms with van der Waals surface area (Å²) in [6, 6.07) is 0. The molecule has 13 heteroatoms. The van der Waals surface area contributed by atoms with Gasteiger partial charge in [-0.05, 0) is 46.5 Å². The third-order valence-corrected chi connectivity index (χ3v) is 8.73. The predicted octanol–water partition coefficient (Wildman–Crippen LogP) is 2.47. The molecule has 0 N–H and O–H groups in total. The molecule has 13 nitrogen and oxygen atoms in total. The third kappa shape index (κ3) is 6.32. The van der Waals surface area contributed by atoms with E-state index in [9.17, 15) is 19.2 Å². The van der Waals surface area contributed by atoms with Gasteiger partial charge in [-0.3, -0.25) is 9.59 Å². The van der Waals surface area contributed by atoms with Crippen LogP contribution in [0.25, 0.3) is 0 Å². The van der Waals surface area contributed by atoms with Crippen molar-refractivity contribution >= 4 is 23.9 Å². The van der Waals surface area contributed by atoms with Gasteiger partial charge in [0.2, 0.25) is 0 Å². The molecule has 0 radical (unpaired) electrons. The summed E-state index contributed by atoms with van der Waals surface area (Å²) in [6.45, 7) is 8.02. The molecule has 2 spiro atoms. The second-order valence-corrected chi connectivity index (χ2v) is 11.7. The number of rotatable bonds is 9. The third-order valence-electron chi connectivity index (χ3n) is 8.73. The minimum Gasteiger partial charge on any atom is -0.466 e. The molecule has 43 heavy (non-hydrogen) atoms. The molecule has 2 aliphatic carbocycles. The number of hydrogen-bond donors (Lipinski definition) is 0. The average Bonchev–Trinajstić information content (AvgIpc) is 3.53. The van der Waals surface area contributed by atoms with E-state index in [-0.39, 0.29) is 25.4 Å². The first-order valence-electron chi connectivity index (χ1n) is 15.3. The van der Waals surface area contributed by atoms with Crippen molar-refractivity contribution in [2.75, 3.05) is 26.4 Å². The first-order chi connectivity index (χ1) is 20.6. The lowest BCUT2D eigenvalue weighted by Crippen LogP contribution is -2.56. The average molecular weight is 611 g/mol. The Labute approximate surface area is 250 Å². The van der Waals surface area contributed by atoms with Crippen LogP contribution in [-0.4, -0.2) is 92.6 Å². The highest BCUT2D eigenvalue weighted by molar-refractivity contribution is 5.88. The van der Waals surface area contributed by atoms with Gasteiger partial charge in [-0.1, -0.05) is 19.4 Å². The van der Waals surface area contributed by atoms with Gasteiger partial charge in [-0.15, -0.1) is 0 Å². The smallest absolute Gasteiger partial charge is 0.344 e. The Morgan fingerprint density at radius 1 is 0.744 bits per heavy atom. The van der Waals surface area contributed by atoms with E-state index < -0.39 is 84.6 Å². The van der Waals surface area contributed by atoms with Crippen molar-refractivity contribution in [3.8, 4) is 0 Å². The van der Waals surface area contributed by atoms with Crippen molar-refractivity contribution in [2.24, 2.45) is 11.8 Å². The largest absolute Gasteiger partial charge is 0.466 e. The van der Waals surface area contributed by atoms with Crippen LogP contribution in [-0.2, 0) is 61.8 Å². The van der Waals surface area contributed by atoms with E-state index in [1.807, 2.05) is 0 Å². The summed E-state index contributed by atoms with van der Waals surface area (Å²) < 4.78 is 53.6. The molecular weight excluding hydrogens is 568 g/mol. The molecule has 4 unspecified atom stereocenters. The van der Waals surface area contributed by atoms with E-state index in [0.29, 0.717) is 25.7 Å². The number of carbonyl (C=O) groups is 4. The van der Waals surface area contributed by atoms with E-state index in [1.165, 1.54) is 6.92 Å². The van der Waals surface area contributed by atoms with Crippen LogP contribution in [0, 0.1) is 11.8 Å². The highest BCUT2D eigenvalue weighted by Gasteiger charge is 2.68. The van der Waals surface area contributed by atoms with E-state index in [4.69, 9.17) is 42.6 Å². The van der Waals surface area contributed by atoms with Gasteiger partial charge >= 0.3 is 23.9 Å². The SMILES string of the molecule is C=C(C)C(=O)OCC(=O)OC[C@H]1O[C@@H]2OC3(CCCCC3C(=O)OCC)O[C@@H]2[C@H]2OC3(CCCCC3C(=O)OCC)O[C@H]21. The lowest BCUT2D eigenvalue weighted by Gasteiger charge is -2.39. The van der Waals surface area contributed by atoms with Crippen molar-refractivity contribution in [2.45, 2.75) is 114 Å². The molecule has 3 aliphatic heterocycles. The Balaban J connectivity index is 1.39. The molecule has 0 aromatic rings. The van der Waals surface area contributed by atoms with Gasteiger partial charge in [0.05, 0.1) is 13.2 Å². The molecule has 9 atom stereocenters. The van der Waals surface area contributed by atoms with Gasteiger partial charge in [0, 0.05) is 18.4 Å². The number of hydrogen-bond acceptors (Lipinski definition) is 13. The minimum atomic E-state index is -1.29. The summed E-state index contributed by atoms with van der Waals surface area (Å²) in [5.74, 6) is -6.21. The fourth-order valence-corrected chi connectivity index (χ4v) is 6.79. The maximum Gasteiger partial charge on any atom is 0.344 e. The highest BCUT2D eigenvalue weighted by Crippen LogP contribution is 2.53. The molecule has 3 heterocycles. The van der Waals surface area contributed by atoms with Crippen LogP contribution in [0.1, 0.15) is 72.1 Å². The topological polar surface area (TPSA) is 151 Å². The van der Waals surface area contributed by atoms with E-state index in [2.05, 4.69) is 6.58 Å². The second kappa shape index (κ2) is 13.2. The van der Waals surface area contributed by atoms with Crippen molar-refractivity contribution in [3.05, 3.63) is 12.2 Å². The number of ether oxygens (including phenoxy) is 9. The zero-order valence-electron chi connectivity index (χ0n) is 25.0. The van der Waals surface area contributed by atoms with Crippen LogP contribution in [0.5, 0.6) is 0 Å². The zero-order chi connectivity index (χ0) is 30.8. The summed E-state index contributed by atoms with van der Waals surface area (Å²) in [7, 11) is 0. The molecule has 2 saturated carbocycles. The predicted molar refractivity (Wildman–Crippen MR) is 144 cm³/mol. The second-order valence-electron chi connectivity index (χ2n) is 11.7. The van der Waals surface area contributed by atoms with Gasteiger partial charge < -0.3 is 42.6 Å². The van der Waals surface area contributed by atoms with Crippen LogP contribution in [0.3, 0.4) is 0 Å². The Hall–Kier alpha value is -2.58. The fourth-order valence-electron chi connectivity index (χ4n) is 6.79. The van der Waals surface area contributed by atoms with Crippen LogP contribution in [0.2, 0.25) is 0 Å². The van der Waals surface area contributed by atoms with E-state index >= 15 is 0 Å². The van der Waals surface area contributed by atoms with Gasteiger partial charge in [-0.25, -0.2) is 9.59 Å². The molecule has 240 valence electrons. The summed E-state index contributed by atoms with van der Waals surface area (Å²) in [4.78, 5) is 50.2. The monoisotopic (exact) mass is 610 g/mol. The molecular formula is C30H42O13. The maximum absolute atomic E-state index is 13.0. The Morgan fingerprint density at radius 3 is 1.88 bits per heavy atom. The molecule has 0 aromatic heterocycles. The number of esters is 4. The lowest BCUT2D eigenvalue weighted by atomic mass is 9.83. The summed E-state index contributed by atoms with van der Waals surface area (Å²) >= 11 is 0. The zero-order valence-corrected chi connectivity index (χ0v) is 25.0. The van der Waals surface area contributed by atoms with Crippen LogP contribution < -0.4 is 0 Å². The van der Waals surface area contributed by atoms with Gasteiger partial charge in [0.15, 0.2) is 24.5 Å².